The number of ether oxygens (including phenoxy) is 1. The minimum Gasteiger partial charge on any atom is -0.492 e. The maximum absolute atomic E-state index is 12.9. The Hall–Kier alpha value is -2.69. The van der Waals surface area contributed by atoms with Crippen LogP contribution in [0, 0.1) is 5.92 Å². The van der Waals surface area contributed by atoms with Crippen molar-refractivity contribution >= 4 is 11.7 Å². The molecule has 0 spiro atoms. The first-order valence-corrected chi connectivity index (χ1v) is 9.72. The van der Waals surface area contributed by atoms with Crippen LogP contribution in [0.25, 0.3) is 11.3 Å². The van der Waals surface area contributed by atoms with Crippen molar-refractivity contribution in [1.82, 2.24) is 10.3 Å². The number of aromatic nitrogens is 1. The average molecular weight is 364 g/mol. The second kappa shape index (κ2) is 7.91. The molecule has 2 aliphatic rings. The summed E-state index contributed by atoms with van der Waals surface area (Å²) in [6, 6.07) is 11.5. The van der Waals surface area contributed by atoms with E-state index in [9.17, 15) is 9.59 Å². The van der Waals surface area contributed by atoms with E-state index in [4.69, 9.17) is 4.74 Å². The molecule has 1 unspecified atom stereocenters. The monoisotopic (exact) mass is 364 g/mol. The molecule has 2 heterocycles. The first-order chi connectivity index (χ1) is 13.2. The van der Waals surface area contributed by atoms with Crippen LogP contribution in [-0.2, 0) is 4.79 Å². The molecule has 1 aromatic carbocycles. The predicted molar refractivity (Wildman–Crippen MR) is 103 cm³/mol. The molecule has 0 bridgehead atoms. The number of fused-ring (bicyclic) bond motifs is 1. The van der Waals surface area contributed by atoms with Crippen LogP contribution >= 0.6 is 0 Å². The molecule has 1 N–H and O–H groups in total. The first-order valence-electron chi connectivity index (χ1n) is 9.72. The van der Waals surface area contributed by atoms with Crippen molar-refractivity contribution < 1.29 is 14.3 Å². The summed E-state index contributed by atoms with van der Waals surface area (Å²) in [6.45, 7) is 0.257. The maximum Gasteiger partial charge on any atom is 0.221 e. The third kappa shape index (κ3) is 4.02. The second-order valence-corrected chi connectivity index (χ2v) is 7.40. The highest BCUT2D eigenvalue weighted by Crippen LogP contribution is 2.32. The van der Waals surface area contributed by atoms with E-state index in [1.165, 1.54) is 19.3 Å². The smallest absolute Gasteiger partial charge is 0.221 e. The third-order valence-electron chi connectivity index (χ3n) is 5.42. The zero-order chi connectivity index (χ0) is 18.6. The molecule has 0 saturated heterocycles. The fraction of sp³-hybridized carbons (Fsp3) is 0.409. The van der Waals surface area contributed by atoms with E-state index >= 15 is 0 Å². The van der Waals surface area contributed by atoms with Crippen LogP contribution < -0.4 is 10.1 Å². The van der Waals surface area contributed by atoms with Crippen molar-refractivity contribution in [1.29, 1.82) is 0 Å². The van der Waals surface area contributed by atoms with Gasteiger partial charge in [-0.1, -0.05) is 25.3 Å². The number of rotatable bonds is 4. The van der Waals surface area contributed by atoms with Crippen LogP contribution in [0.1, 0.15) is 48.9 Å². The molecule has 1 aromatic heterocycles. The molecule has 27 heavy (non-hydrogen) atoms. The van der Waals surface area contributed by atoms with Crippen molar-refractivity contribution in [3.63, 3.8) is 0 Å². The lowest BCUT2D eigenvalue weighted by molar-refractivity contribution is -0.122. The molecule has 1 saturated carbocycles. The van der Waals surface area contributed by atoms with E-state index < -0.39 is 5.92 Å². The van der Waals surface area contributed by atoms with Gasteiger partial charge in [-0.3, -0.25) is 14.6 Å². The van der Waals surface area contributed by atoms with Crippen LogP contribution in [0.3, 0.4) is 0 Å². The highest BCUT2D eigenvalue weighted by atomic mass is 16.5. The lowest BCUT2D eigenvalue weighted by Crippen LogP contribution is -2.39. The molecule has 5 nitrogen and oxygen atoms in total. The quantitative estimate of drug-likeness (QED) is 0.896. The average Bonchev–Trinajstić information content (AvgIpc) is 2.71. The number of amides is 1. The Kier molecular flexibility index (Phi) is 5.19. The second-order valence-electron chi connectivity index (χ2n) is 7.40. The summed E-state index contributed by atoms with van der Waals surface area (Å²) in [6.07, 6.45) is 7.57. The van der Waals surface area contributed by atoms with Crippen molar-refractivity contribution in [2.45, 2.75) is 44.6 Å². The molecule has 1 atom stereocenters. The van der Waals surface area contributed by atoms with Gasteiger partial charge in [-0.05, 0) is 43.2 Å². The largest absolute Gasteiger partial charge is 0.492 e. The third-order valence-corrected chi connectivity index (χ3v) is 5.42. The van der Waals surface area contributed by atoms with E-state index in [1.807, 2.05) is 36.4 Å². The number of carbonyl (C=O) groups excluding carboxylic acids is 2. The van der Waals surface area contributed by atoms with E-state index in [-0.39, 0.29) is 30.8 Å². The number of nitrogens with one attached hydrogen (secondary N) is 1. The van der Waals surface area contributed by atoms with Crippen LogP contribution in [0.5, 0.6) is 5.75 Å². The zero-order valence-electron chi connectivity index (χ0n) is 15.3. The lowest BCUT2D eigenvalue weighted by Gasteiger charge is -2.26. The standard InChI is InChI=1S/C22H24N2O3/c25-21(24-17-6-2-1-3-7-17)13-16-14-27-20-10-9-15(12-18(20)22(16)26)19-8-4-5-11-23-19/h4-5,8-12,16-17H,1-3,6-7,13-14H2,(H,24,25). The highest BCUT2D eigenvalue weighted by molar-refractivity contribution is 6.03. The number of hydrogen-bond acceptors (Lipinski definition) is 4. The Bertz CT molecular complexity index is 829. The van der Waals surface area contributed by atoms with E-state index in [0.29, 0.717) is 11.3 Å². The van der Waals surface area contributed by atoms with Gasteiger partial charge in [-0.25, -0.2) is 0 Å². The summed E-state index contributed by atoms with van der Waals surface area (Å²) < 4.78 is 5.77. The number of benzene rings is 1. The van der Waals surface area contributed by atoms with Crippen LogP contribution in [-0.4, -0.2) is 29.3 Å². The van der Waals surface area contributed by atoms with Gasteiger partial charge in [0.1, 0.15) is 5.75 Å². The summed E-state index contributed by atoms with van der Waals surface area (Å²) >= 11 is 0. The Morgan fingerprint density at radius 1 is 1.15 bits per heavy atom. The zero-order valence-corrected chi connectivity index (χ0v) is 15.3. The molecule has 4 rings (SSSR count). The van der Waals surface area contributed by atoms with Gasteiger partial charge in [-0.2, -0.15) is 0 Å². The summed E-state index contributed by atoms with van der Waals surface area (Å²) in [7, 11) is 0. The Balaban J connectivity index is 1.46. The number of carbonyl (C=O) groups is 2. The van der Waals surface area contributed by atoms with Crippen molar-refractivity contribution in [2.75, 3.05) is 6.61 Å². The number of pyridine rings is 1. The van der Waals surface area contributed by atoms with Crippen LogP contribution in [0.4, 0.5) is 0 Å². The van der Waals surface area contributed by atoms with Crippen molar-refractivity contribution in [2.24, 2.45) is 5.92 Å². The highest BCUT2D eigenvalue weighted by Gasteiger charge is 2.31. The molecular weight excluding hydrogens is 340 g/mol. The van der Waals surface area contributed by atoms with Gasteiger partial charge in [-0.15, -0.1) is 0 Å². The SMILES string of the molecule is O=C(CC1COc2ccc(-c3ccccn3)cc2C1=O)NC1CCCCC1. The number of hydrogen-bond donors (Lipinski definition) is 1. The minimum absolute atomic E-state index is 0.0205. The summed E-state index contributed by atoms with van der Waals surface area (Å²) in [5.74, 6) is 0.0877. The van der Waals surface area contributed by atoms with Gasteiger partial charge in [0.2, 0.25) is 5.91 Å². The maximum atomic E-state index is 12.9. The topological polar surface area (TPSA) is 68.3 Å². The van der Waals surface area contributed by atoms with Gasteiger partial charge >= 0.3 is 0 Å². The Labute approximate surface area is 159 Å². The van der Waals surface area contributed by atoms with E-state index in [1.54, 1.807) is 6.20 Å². The summed E-state index contributed by atoms with van der Waals surface area (Å²) in [5, 5.41) is 3.09. The lowest BCUT2D eigenvalue weighted by atomic mass is 9.90. The minimum atomic E-state index is -0.430. The van der Waals surface area contributed by atoms with Gasteiger partial charge in [0.05, 0.1) is 23.8 Å². The van der Waals surface area contributed by atoms with Crippen molar-refractivity contribution in [3.8, 4) is 17.0 Å². The Morgan fingerprint density at radius 2 is 2.00 bits per heavy atom. The van der Waals surface area contributed by atoms with Gasteiger partial charge in [0.25, 0.3) is 0 Å². The summed E-state index contributed by atoms with van der Waals surface area (Å²) in [5.41, 5.74) is 2.23. The van der Waals surface area contributed by atoms with Gasteiger partial charge in [0, 0.05) is 24.2 Å². The molecule has 1 aliphatic heterocycles. The molecule has 140 valence electrons. The number of Topliss-reactive ketones (excluding diaryl/α,β-unsaturated/α-hetero) is 1. The molecule has 5 heteroatoms. The normalized spacial score (nSPS) is 19.9. The van der Waals surface area contributed by atoms with Crippen molar-refractivity contribution in [3.05, 3.63) is 48.2 Å². The van der Waals surface area contributed by atoms with Gasteiger partial charge in [0.15, 0.2) is 5.78 Å². The fourth-order valence-corrected chi connectivity index (χ4v) is 3.94. The first kappa shape index (κ1) is 17.7. The molecule has 2 aromatic rings. The van der Waals surface area contributed by atoms with Gasteiger partial charge < -0.3 is 10.1 Å². The molecule has 0 radical (unpaired) electrons. The number of ketones is 1. The molecular formula is C22H24N2O3. The predicted octanol–water partition coefficient (Wildman–Crippen LogP) is 3.78. The number of nitrogens with zero attached hydrogens (tertiary/aromatic N) is 1. The van der Waals surface area contributed by atoms with E-state index in [2.05, 4.69) is 10.3 Å². The summed E-state index contributed by atoms with van der Waals surface area (Å²) in [4.78, 5) is 29.7. The van der Waals surface area contributed by atoms with Crippen LogP contribution in [0.15, 0.2) is 42.6 Å². The van der Waals surface area contributed by atoms with Crippen LogP contribution in [0.2, 0.25) is 0 Å². The molecule has 1 fully saturated rings. The Morgan fingerprint density at radius 3 is 2.78 bits per heavy atom. The fourth-order valence-electron chi connectivity index (χ4n) is 3.94. The van der Waals surface area contributed by atoms with E-state index in [0.717, 1.165) is 24.1 Å². The molecule has 1 aliphatic carbocycles. The molecule has 1 amide bonds.